The van der Waals surface area contributed by atoms with Gasteiger partial charge in [0.05, 0.1) is 10.6 Å². The number of hydrogen-bond donors (Lipinski definition) is 1. The van der Waals surface area contributed by atoms with Gasteiger partial charge in [0.25, 0.3) is 10.0 Å². The SMILES string of the molecule is Cc1ccc(N(CC(=O)Nc2cccc(C)c2C)S(=O)(=O)c2ccccc2)cc1C. The molecule has 0 aliphatic carbocycles. The Kier molecular flexibility index (Phi) is 6.27. The molecule has 0 spiro atoms. The van der Waals surface area contributed by atoms with Gasteiger partial charge in [-0.05, 0) is 80.3 Å². The van der Waals surface area contributed by atoms with Gasteiger partial charge in [-0.3, -0.25) is 9.10 Å². The third kappa shape index (κ3) is 4.54. The number of rotatable bonds is 6. The van der Waals surface area contributed by atoms with E-state index in [0.717, 1.165) is 26.6 Å². The van der Waals surface area contributed by atoms with Crippen LogP contribution in [0.1, 0.15) is 22.3 Å². The van der Waals surface area contributed by atoms with Crippen molar-refractivity contribution in [3.8, 4) is 0 Å². The topological polar surface area (TPSA) is 66.5 Å². The Balaban J connectivity index is 1.98. The number of amides is 1. The maximum absolute atomic E-state index is 13.4. The van der Waals surface area contributed by atoms with Crippen LogP contribution in [0.4, 0.5) is 11.4 Å². The number of anilines is 2. The predicted octanol–water partition coefficient (Wildman–Crippen LogP) is 4.75. The highest BCUT2D eigenvalue weighted by atomic mass is 32.2. The van der Waals surface area contributed by atoms with E-state index in [9.17, 15) is 13.2 Å². The molecule has 30 heavy (non-hydrogen) atoms. The predicted molar refractivity (Wildman–Crippen MR) is 121 cm³/mol. The smallest absolute Gasteiger partial charge is 0.264 e. The van der Waals surface area contributed by atoms with Gasteiger partial charge in [0.15, 0.2) is 0 Å². The van der Waals surface area contributed by atoms with E-state index in [4.69, 9.17) is 0 Å². The number of nitrogens with one attached hydrogen (secondary N) is 1. The van der Waals surface area contributed by atoms with Crippen molar-refractivity contribution in [1.82, 2.24) is 0 Å². The molecule has 0 heterocycles. The molecule has 3 rings (SSSR count). The molecule has 0 radical (unpaired) electrons. The molecule has 1 N–H and O–H groups in total. The molecule has 0 aliphatic heterocycles. The number of hydrogen-bond acceptors (Lipinski definition) is 3. The maximum atomic E-state index is 13.4. The van der Waals surface area contributed by atoms with Gasteiger partial charge < -0.3 is 5.32 Å². The van der Waals surface area contributed by atoms with E-state index >= 15 is 0 Å². The molecule has 3 aromatic carbocycles. The molecule has 0 unspecified atom stereocenters. The molecule has 0 aromatic heterocycles. The monoisotopic (exact) mass is 422 g/mol. The van der Waals surface area contributed by atoms with Crippen LogP contribution in [0.5, 0.6) is 0 Å². The van der Waals surface area contributed by atoms with E-state index in [0.29, 0.717) is 11.4 Å². The molecule has 0 saturated heterocycles. The van der Waals surface area contributed by atoms with Crippen LogP contribution in [0.2, 0.25) is 0 Å². The molecule has 6 heteroatoms. The van der Waals surface area contributed by atoms with E-state index in [1.54, 1.807) is 30.3 Å². The Bertz CT molecular complexity index is 1170. The van der Waals surface area contributed by atoms with E-state index in [2.05, 4.69) is 5.32 Å². The Hall–Kier alpha value is -3.12. The fraction of sp³-hybridized carbons (Fsp3) is 0.208. The zero-order valence-electron chi connectivity index (χ0n) is 17.6. The van der Waals surface area contributed by atoms with Crippen LogP contribution in [-0.4, -0.2) is 20.9 Å². The second-order valence-corrected chi connectivity index (χ2v) is 9.25. The van der Waals surface area contributed by atoms with Crippen LogP contribution in [0.15, 0.2) is 71.6 Å². The van der Waals surface area contributed by atoms with Gasteiger partial charge in [0.2, 0.25) is 5.91 Å². The number of aryl methyl sites for hydroxylation is 3. The lowest BCUT2D eigenvalue weighted by atomic mass is 10.1. The minimum absolute atomic E-state index is 0.141. The van der Waals surface area contributed by atoms with Gasteiger partial charge in [-0.25, -0.2) is 8.42 Å². The summed E-state index contributed by atoms with van der Waals surface area (Å²) in [6.07, 6.45) is 0. The summed E-state index contributed by atoms with van der Waals surface area (Å²) in [4.78, 5) is 13.0. The van der Waals surface area contributed by atoms with Crippen molar-refractivity contribution in [2.24, 2.45) is 0 Å². The molecule has 0 bridgehead atoms. The molecule has 0 fully saturated rings. The zero-order chi connectivity index (χ0) is 21.9. The summed E-state index contributed by atoms with van der Waals surface area (Å²) >= 11 is 0. The minimum atomic E-state index is -3.92. The molecule has 156 valence electrons. The van der Waals surface area contributed by atoms with E-state index < -0.39 is 15.9 Å². The fourth-order valence-corrected chi connectivity index (χ4v) is 4.56. The summed E-state index contributed by atoms with van der Waals surface area (Å²) in [6.45, 7) is 7.44. The van der Waals surface area contributed by atoms with Crippen molar-refractivity contribution in [1.29, 1.82) is 0 Å². The molecule has 0 atom stereocenters. The summed E-state index contributed by atoms with van der Waals surface area (Å²) in [6, 6.07) is 19.2. The number of carbonyl (C=O) groups excluding carboxylic acids is 1. The lowest BCUT2D eigenvalue weighted by Gasteiger charge is -2.25. The van der Waals surface area contributed by atoms with Crippen molar-refractivity contribution in [2.45, 2.75) is 32.6 Å². The second-order valence-electron chi connectivity index (χ2n) is 7.39. The highest BCUT2D eigenvalue weighted by Crippen LogP contribution is 2.26. The van der Waals surface area contributed by atoms with Gasteiger partial charge in [0, 0.05) is 5.69 Å². The molecule has 0 saturated carbocycles. The number of sulfonamides is 1. The summed E-state index contributed by atoms with van der Waals surface area (Å²) in [7, 11) is -3.92. The standard InChI is InChI=1S/C24H26N2O3S/c1-17-13-14-21(15-19(17)3)26(30(28,29)22-10-6-5-7-11-22)16-24(27)25-23-12-8-9-18(2)20(23)4/h5-15H,16H2,1-4H3,(H,25,27). The molecule has 5 nitrogen and oxygen atoms in total. The Morgan fingerprint density at radius 1 is 0.833 bits per heavy atom. The summed E-state index contributed by atoms with van der Waals surface area (Å²) < 4.78 is 27.9. The Morgan fingerprint density at radius 2 is 1.53 bits per heavy atom. The van der Waals surface area contributed by atoms with Gasteiger partial charge >= 0.3 is 0 Å². The van der Waals surface area contributed by atoms with Crippen LogP contribution in [-0.2, 0) is 14.8 Å². The van der Waals surface area contributed by atoms with Crippen molar-refractivity contribution in [3.05, 3.63) is 89.0 Å². The first-order valence-electron chi connectivity index (χ1n) is 9.71. The average molecular weight is 423 g/mol. The quantitative estimate of drug-likeness (QED) is 0.623. The summed E-state index contributed by atoms with van der Waals surface area (Å²) in [5, 5.41) is 2.86. The molecular formula is C24H26N2O3S. The van der Waals surface area contributed by atoms with Gasteiger partial charge in [0.1, 0.15) is 6.54 Å². The molecule has 1 amide bonds. The van der Waals surface area contributed by atoms with Crippen molar-refractivity contribution in [2.75, 3.05) is 16.2 Å². The van der Waals surface area contributed by atoms with Crippen molar-refractivity contribution < 1.29 is 13.2 Å². The lowest BCUT2D eigenvalue weighted by molar-refractivity contribution is -0.114. The zero-order valence-corrected chi connectivity index (χ0v) is 18.5. The molecule has 0 aliphatic rings. The second kappa shape index (κ2) is 8.71. The van der Waals surface area contributed by atoms with Crippen molar-refractivity contribution >= 4 is 27.3 Å². The molecular weight excluding hydrogens is 396 g/mol. The van der Waals surface area contributed by atoms with E-state index in [-0.39, 0.29) is 11.4 Å². The number of benzene rings is 3. The highest BCUT2D eigenvalue weighted by Gasteiger charge is 2.27. The van der Waals surface area contributed by atoms with Crippen LogP contribution in [0.3, 0.4) is 0 Å². The first kappa shape index (κ1) is 21.6. The first-order valence-corrected chi connectivity index (χ1v) is 11.2. The van der Waals surface area contributed by atoms with E-state index in [1.165, 1.54) is 12.1 Å². The number of carbonyl (C=O) groups is 1. The molecule has 3 aromatic rings. The van der Waals surface area contributed by atoms with Crippen LogP contribution >= 0.6 is 0 Å². The maximum Gasteiger partial charge on any atom is 0.264 e. The largest absolute Gasteiger partial charge is 0.324 e. The fourth-order valence-electron chi connectivity index (χ4n) is 3.12. The highest BCUT2D eigenvalue weighted by molar-refractivity contribution is 7.92. The van der Waals surface area contributed by atoms with Gasteiger partial charge in [-0.2, -0.15) is 0 Å². The van der Waals surface area contributed by atoms with Gasteiger partial charge in [-0.1, -0.05) is 36.4 Å². The average Bonchev–Trinajstić information content (AvgIpc) is 2.72. The van der Waals surface area contributed by atoms with Crippen LogP contribution in [0, 0.1) is 27.7 Å². The lowest BCUT2D eigenvalue weighted by Crippen LogP contribution is -2.38. The first-order chi connectivity index (χ1) is 14.2. The van der Waals surface area contributed by atoms with Crippen LogP contribution in [0.25, 0.3) is 0 Å². The summed E-state index contributed by atoms with van der Waals surface area (Å²) in [5.74, 6) is -0.401. The normalized spacial score (nSPS) is 11.2. The summed E-state index contributed by atoms with van der Waals surface area (Å²) in [5.41, 5.74) is 5.15. The van der Waals surface area contributed by atoms with E-state index in [1.807, 2.05) is 52.0 Å². The third-order valence-corrected chi connectivity index (χ3v) is 7.06. The van der Waals surface area contributed by atoms with Gasteiger partial charge in [-0.15, -0.1) is 0 Å². The van der Waals surface area contributed by atoms with Crippen LogP contribution < -0.4 is 9.62 Å². The minimum Gasteiger partial charge on any atom is -0.324 e. The van der Waals surface area contributed by atoms with Crippen molar-refractivity contribution in [3.63, 3.8) is 0 Å². The third-order valence-electron chi connectivity index (χ3n) is 5.28. The Morgan fingerprint density at radius 3 is 2.20 bits per heavy atom. The Labute approximate surface area is 178 Å². The number of nitrogens with zero attached hydrogens (tertiary/aromatic N) is 1.